The Kier molecular flexibility index (Phi) is 0.748. The van der Waals surface area contributed by atoms with E-state index in [4.69, 9.17) is 0 Å². The lowest BCUT2D eigenvalue weighted by Gasteiger charge is -1.76. The van der Waals surface area contributed by atoms with Gasteiger partial charge < -0.3 is 0 Å². The largest absolute Gasteiger partial charge is 0.286 e. The quantitative estimate of drug-likeness (QED) is 0.440. The molecule has 0 fully saturated rings. The van der Waals surface area contributed by atoms with Crippen molar-refractivity contribution in [1.82, 2.24) is 0 Å². The zero-order valence-electron chi connectivity index (χ0n) is 3.59. The second-order valence-corrected chi connectivity index (χ2v) is 1.39. The van der Waals surface area contributed by atoms with Crippen LogP contribution in [0.25, 0.3) is 0 Å². The van der Waals surface area contributed by atoms with Crippen molar-refractivity contribution in [3.8, 4) is 0 Å². The molecule has 6 heavy (non-hydrogen) atoms. The third-order valence-corrected chi connectivity index (χ3v) is 0.768. The van der Waals surface area contributed by atoms with E-state index in [0.717, 1.165) is 6.42 Å². The molecular weight excluding hydrogens is 74.1 g/mol. The molecule has 1 heterocycles. The highest BCUT2D eigenvalue weighted by Crippen LogP contribution is 2.04. The molecule has 0 N–H and O–H groups in total. The molecule has 0 saturated heterocycles. The van der Waals surface area contributed by atoms with Crippen LogP contribution >= 0.6 is 0 Å². The van der Waals surface area contributed by atoms with Gasteiger partial charge in [0.25, 0.3) is 0 Å². The summed E-state index contributed by atoms with van der Waals surface area (Å²) < 4.78 is 0. The lowest BCUT2D eigenvalue weighted by Crippen LogP contribution is -1.79. The van der Waals surface area contributed by atoms with E-state index in [1.54, 1.807) is 0 Å². The van der Waals surface area contributed by atoms with Gasteiger partial charge in [-0.15, -0.1) is 6.58 Å². The average molecular weight is 81.1 g/mol. The SMILES string of the molecule is C=CCC1C=N1. The van der Waals surface area contributed by atoms with Crippen LogP contribution in [0.15, 0.2) is 17.6 Å². The smallest absolute Gasteiger partial charge is 0.0877 e. The molecule has 0 aromatic heterocycles. The minimum Gasteiger partial charge on any atom is -0.286 e. The first-order chi connectivity index (χ1) is 2.93. The first-order valence-corrected chi connectivity index (χ1v) is 2.07. The Labute approximate surface area is 37.4 Å². The highest BCUT2D eigenvalue weighted by atomic mass is 14.9. The number of hydrogen-bond donors (Lipinski definition) is 0. The summed E-state index contributed by atoms with van der Waals surface area (Å²) >= 11 is 0. The summed E-state index contributed by atoms with van der Waals surface area (Å²) in [4.78, 5) is 3.90. The summed E-state index contributed by atoms with van der Waals surface area (Å²) in [5, 5.41) is 0. The molecule has 32 valence electrons. The van der Waals surface area contributed by atoms with Gasteiger partial charge in [0.05, 0.1) is 6.04 Å². The van der Waals surface area contributed by atoms with Crippen LogP contribution in [0.3, 0.4) is 0 Å². The average Bonchev–Trinajstić information content (AvgIpc) is 2.21. The number of hydrogen-bond acceptors (Lipinski definition) is 1. The minimum absolute atomic E-state index is 0.530. The Morgan fingerprint density at radius 1 is 2.00 bits per heavy atom. The number of rotatable bonds is 2. The third-order valence-electron chi connectivity index (χ3n) is 0.768. The highest BCUT2D eigenvalue weighted by molar-refractivity contribution is 5.77. The molecule has 1 aliphatic rings. The van der Waals surface area contributed by atoms with Crippen molar-refractivity contribution in [2.75, 3.05) is 0 Å². The molecule has 1 heteroatoms. The zero-order valence-corrected chi connectivity index (χ0v) is 3.59. The van der Waals surface area contributed by atoms with Crippen molar-refractivity contribution in [1.29, 1.82) is 0 Å². The van der Waals surface area contributed by atoms with Gasteiger partial charge in [0.15, 0.2) is 0 Å². The Balaban J connectivity index is 2.04. The van der Waals surface area contributed by atoms with Crippen LogP contribution in [0.4, 0.5) is 0 Å². The Morgan fingerprint density at radius 3 is 2.83 bits per heavy atom. The van der Waals surface area contributed by atoms with Gasteiger partial charge >= 0.3 is 0 Å². The minimum atomic E-state index is 0.530. The summed E-state index contributed by atoms with van der Waals surface area (Å²) in [6, 6.07) is 0.530. The molecule has 0 aliphatic carbocycles. The van der Waals surface area contributed by atoms with Gasteiger partial charge in [-0.2, -0.15) is 0 Å². The van der Waals surface area contributed by atoms with Crippen molar-refractivity contribution in [2.24, 2.45) is 4.99 Å². The van der Waals surface area contributed by atoms with E-state index in [1.165, 1.54) is 0 Å². The maximum Gasteiger partial charge on any atom is 0.0877 e. The summed E-state index contributed by atoms with van der Waals surface area (Å²) in [5.41, 5.74) is 0. The van der Waals surface area contributed by atoms with Crippen LogP contribution in [-0.2, 0) is 0 Å². The molecule has 1 nitrogen and oxygen atoms in total. The van der Waals surface area contributed by atoms with E-state index in [9.17, 15) is 0 Å². The maximum absolute atomic E-state index is 3.90. The molecule has 1 atom stereocenters. The fraction of sp³-hybridized carbons (Fsp3) is 0.400. The van der Waals surface area contributed by atoms with Gasteiger partial charge in [-0.05, 0) is 6.42 Å². The lowest BCUT2D eigenvalue weighted by molar-refractivity contribution is 1.01. The van der Waals surface area contributed by atoms with Crippen molar-refractivity contribution >= 4 is 6.21 Å². The molecule has 0 saturated carbocycles. The molecule has 0 amide bonds. The molecule has 0 aromatic rings. The van der Waals surface area contributed by atoms with Crippen LogP contribution in [0, 0.1) is 0 Å². The third kappa shape index (κ3) is 0.677. The van der Waals surface area contributed by atoms with Gasteiger partial charge in [-0.25, -0.2) is 0 Å². The fourth-order valence-electron chi connectivity index (χ4n) is 0.353. The van der Waals surface area contributed by atoms with Gasteiger partial charge in [-0.3, -0.25) is 4.99 Å². The van der Waals surface area contributed by atoms with E-state index in [-0.39, 0.29) is 0 Å². The summed E-state index contributed by atoms with van der Waals surface area (Å²) in [5.74, 6) is 0. The second-order valence-electron chi connectivity index (χ2n) is 1.39. The zero-order chi connectivity index (χ0) is 4.41. The standard InChI is InChI=1S/C5H7N/c1-2-3-5-4-6-5/h2,4-5H,1,3H2. The van der Waals surface area contributed by atoms with Crippen molar-refractivity contribution < 1.29 is 0 Å². The Bertz CT molecular complexity index is 77.9. The molecule has 1 aliphatic heterocycles. The highest BCUT2D eigenvalue weighted by Gasteiger charge is 2.07. The van der Waals surface area contributed by atoms with Gasteiger partial charge in [0.2, 0.25) is 0 Å². The second kappa shape index (κ2) is 1.25. The predicted octanol–water partition coefficient (Wildman–Crippen LogP) is 1.02. The van der Waals surface area contributed by atoms with E-state index in [0.29, 0.717) is 6.04 Å². The molecular formula is C5H7N. The fourth-order valence-corrected chi connectivity index (χ4v) is 0.353. The maximum atomic E-state index is 3.90. The Hall–Kier alpha value is -0.590. The summed E-state index contributed by atoms with van der Waals surface area (Å²) in [7, 11) is 0. The van der Waals surface area contributed by atoms with Crippen LogP contribution < -0.4 is 0 Å². The van der Waals surface area contributed by atoms with Crippen LogP contribution in [-0.4, -0.2) is 12.3 Å². The normalized spacial score (nSPS) is 27.0. The summed E-state index contributed by atoms with van der Waals surface area (Å²) in [6.07, 6.45) is 4.85. The molecule has 1 rings (SSSR count). The Morgan fingerprint density at radius 2 is 2.67 bits per heavy atom. The monoisotopic (exact) mass is 81.1 g/mol. The van der Waals surface area contributed by atoms with Gasteiger partial charge in [0.1, 0.15) is 0 Å². The van der Waals surface area contributed by atoms with E-state index in [2.05, 4.69) is 11.6 Å². The lowest BCUT2D eigenvalue weighted by atomic mass is 10.3. The predicted molar refractivity (Wildman–Crippen MR) is 27.1 cm³/mol. The van der Waals surface area contributed by atoms with Crippen LogP contribution in [0.5, 0.6) is 0 Å². The molecule has 0 spiro atoms. The molecule has 0 bridgehead atoms. The molecule has 1 unspecified atom stereocenters. The van der Waals surface area contributed by atoms with Crippen LogP contribution in [0.1, 0.15) is 6.42 Å². The van der Waals surface area contributed by atoms with Gasteiger partial charge in [0, 0.05) is 6.21 Å². The number of aliphatic imine (C=N–C) groups is 1. The summed E-state index contributed by atoms with van der Waals surface area (Å²) in [6.45, 7) is 3.56. The molecule has 0 radical (unpaired) electrons. The number of nitrogens with zero attached hydrogens (tertiary/aromatic N) is 1. The molecule has 0 aromatic carbocycles. The topological polar surface area (TPSA) is 12.4 Å². The van der Waals surface area contributed by atoms with Crippen molar-refractivity contribution in [3.63, 3.8) is 0 Å². The van der Waals surface area contributed by atoms with E-state index >= 15 is 0 Å². The first-order valence-electron chi connectivity index (χ1n) is 2.07. The first kappa shape index (κ1) is 3.59. The van der Waals surface area contributed by atoms with Crippen molar-refractivity contribution in [2.45, 2.75) is 12.5 Å². The van der Waals surface area contributed by atoms with E-state index in [1.807, 2.05) is 12.3 Å². The van der Waals surface area contributed by atoms with Gasteiger partial charge in [-0.1, -0.05) is 6.08 Å². The van der Waals surface area contributed by atoms with E-state index < -0.39 is 0 Å². The van der Waals surface area contributed by atoms with Crippen LogP contribution in [0.2, 0.25) is 0 Å². The van der Waals surface area contributed by atoms with Crippen molar-refractivity contribution in [3.05, 3.63) is 12.7 Å².